The van der Waals surface area contributed by atoms with Crippen LogP contribution in [0.4, 0.5) is 0 Å². The summed E-state index contributed by atoms with van der Waals surface area (Å²) in [6, 6.07) is 7.43. The molecule has 3 aromatic rings. The van der Waals surface area contributed by atoms with Gasteiger partial charge in [-0.3, -0.25) is 18.6 Å². The molecule has 8 heteroatoms. The molecule has 0 bridgehead atoms. The monoisotopic (exact) mass is 399 g/mol. The van der Waals surface area contributed by atoms with Crippen molar-refractivity contribution in [2.45, 2.75) is 38.9 Å². The molecule has 0 unspecified atom stereocenters. The molecule has 0 saturated heterocycles. The Kier molecular flexibility index (Phi) is 6.18. The predicted molar refractivity (Wildman–Crippen MR) is 113 cm³/mol. The van der Waals surface area contributed by atoms with Crippen molar-refractivity contribution in [1.29, 1.82) is 0 Å². The Bertz CT molecular complexity index is 1090. The van der Waals surface area contributed by atoms with Gasteiger partial charge in [-0.1, -0.05) is 43.0 Å². The smallest absolute Gasteiger partial charge is 0.262 e. The lowest BCUT2D eigenvalue weighted by atomic mass is 10.2. The van der Waals surface area contributed by atoms with Crippen LogP contribution in [0.1, 0.15) is 27.2 Å². The van der Waals surface area contributed by atoms with Crippen molar-refractivity contribution < 1.29 is 4.79 Å². The second kappa shape index (κ2) is 8.60. The van der Waals surface area contributed by atoms with Gasteiger partial charge in [-0.25, -0.2) is 0 Å². The Morgan fingerprint density at radius 3 is 2.68 bits per heavy atom. The van der Waals surface area contributed by atoms with Gasteiger partial charge in [-0.05, 0) is 32.4 Å². The van der Waals surface area contributed by atoms with Crippen LogP contribution in [0.2, 0.25) is 0 Å². The number of carbonyl (C=O) groups excluding carboxylic acids is 1. The molecule has 1 aromatic carbocycles. The molecule has 0 N–H and O–H groups in total. The van der Waals surface area contributed by atoms with E-state index in [2.05, 4.69) is 16.8 Å². The quantitative estimate of drug-likeness (QED) is 0.430. The summed E-state index contributed by atoms with van der Waals surface area (Å²) in [5.41, 5.74) is 1.63. The molecule has 0 aliphatic rings. The highest BCUT2D eigenvalue weighted by Crippen LogP contribution is 2.22. The largest absolute Gasteiger partial charge is 0.338 e. The Morgan fingerprint density at radius 2 is 2.00 bits per heavy atom. The maximum atomic E-state index is 12.8. The molecule has 0 spiro atoms. The van der Waals surface area contributed by atoms with Crippen molar-refractivity contribution in [2.75, 3.05) is 18.8 Å². The van der Waals surface area contributed by atoms with Gasteiger partial charge in [-0.15, -0.1) is 10.2 Å². The minimum atomic E-state index is -0.0661. The number of benzene rings is 1. The van der Waals surface area contributed by atoms with Crippen molar-refractivity contribution in [1.82, 2.24) is 24.1 Å². The second-order valence-electron chi connectivity index (χ2n) is 6.75. The maximum Gasteiger partial charge on any atom is 0.262 e. The molecule has 0 fully saturated rings. The van der Waals surface area contributed by atoms with Gasteiger partial charge in [0.1, 0.15) is 0 Å². The normalized spacial score (nSPS) is 11.2. The standard InChI is InChI=1S/C20H25N5O2S/c1-5-11-24-18(27)15-9-7-8-10-16(15)25-19(24)21-22-20(25)28-13-17(26)23(6-2)12-14(3)4/h7-10H,3,5-6,11-13H2,1-2,4H3. The Hall–Kier alpha value is -2.61. The molecule has 0 saturated carbocycles. The van der Waals surface area contributed by atoms with Crippen LogP contribution >= 0.6 is 11.8 Å². The number of likely N-dealkylation sites (N-methyl/N-ethyl adjacent to an activating group) is 1. The van der Waals surface area contributed by atoms with E-state index in [1.54, 1.807) is 9.47 Å². The molecule has 0 aliphatic heterocycles. The molecule has 7 nitrogen and oxygen atoms in total. The van der Waals surface area contributed by atoms with E-state index in [4.69, 9.17) is 0 Å². The number of amides is 1. The Morgan fingerprint density at radius 1 is 1.25 bits per heavy atom. The summed E-state index contributed by atoms with van der Waals surface area (Å²) < 4.78 is 3.53. The van der Waals surface area contributed by atoms with Crippen molar-refractivity contribution in [2.24, 2.45) is 0 Å². The molecule has 0 atom stereocenters. The number of carbonyl (C=O) groups is 1. The molecule has 148 valence electrons. The number of fused-ring (bicyclic) bond motifs is 3. The molecule has 1 amide bonds. The summed E-state index contributed by atoms with van der Waals surface area (Å²) in [5.74, 6) is 0.789. The van der Waals surface area contributed by atoms with Gasteiger partial charge in [-0.2, -0.15) is 0 Å². The zero-order chi connectivity index (χ0) is 20.3. The number of thioether (sulfide) groups is 1. The number of para-hydroxylation sites is 1. The van der Waals surface area contributed by atoms with E-state index in [1.165, 1.54) is 11.8 Å². The third kappa shape index (κ3) is 3.82. The molecule has 3 rings (SSSR count). The fourth-order valence-electron chi connectivity index (χ4n) is 3.17. The van der Waals surface area contributed by atoms with Gasteiger partial charge in [0.25, 0.3) is 5.56 Å². The lowest BCUT2D eigenvalue weighted by Gasteiger charge is -2.20. The van der Waals surface area contributed by atoms with Crippen molar-refractivity contribution in [3.8, 4) is 0 Å². The van der Waals surface area contributed by atoms with Crippen LogP contribution in [0, 0.1) is 0 Å². The SMILES string of the molecule is C=C(C)CN(CC)C(=O)CSc1nnc2n(CCC)c(=O)c3ccccc3n12. The van der Waals surface area contributed by atoms with Crippen LogP contribution in [0.15, 0.2) is 46.4 Å². The highest BCUT2D eigenvalue weighted by Gasteiger charge is 2.18. The molecule has 0 radical (unpaired) electrons. The number of aryl methyl sites for hydroxylation is 1. The first-order valence-electron chi connectivity index (χ1n) is 9.39. The predicted octanol–water partition coefficient (Wildman–Crippen LogP) is 2.97. The number of rotatable bonds is 8. The minimum Gasteiger partial charge on any atom is -0.338 e. The van der Waals surface area contributed by atoms with E-state index in [9.17, 15) is 9.59 Å². The minimum absolute atomic E-state index is 0.0263. The number of aromatic nitrogens is 4. The highest BCUT2D eigenvalue weighted by atomic mass is 32.2. The summed E-state index contributed by atoms with van der Waals surface area (Å²) in [5, 5.41) is 9.76. The van der Waals surface area contributed by atoms with Gasteiger partial charge < -0.3 is 4.90 Å². The highest BCUT2D eigenvalue weighted by molar-refractivity contribution is 7.99. The lowest BCUT2D eigenvalue weighted by molar-refractivity contribution is -0.127. The molecule has 2 aromatic heterocycles. The third-order valence-corrected chi connectivity index (χ3v) is 5.36. The summed E-state index contributed by atoms with van der Waals surface area (Å²) in [7, 11) is 0. The van der Waals surface area contributed by atoms with Crippen LogP contribution in [0.3, 0.4) is 0 Å². The molecule has 2 heterocycles. The summed E-state index contributed by atoms with van der Waals surface area (Å²) in [6.45, 7) is 11.5. The van der Waals surface area contributed by atoms with Gasteiger partial charge >= 0.3 is 0 Å². The Labute approximate surface area is 168 Å². The fourth-order valence-corrected chi connectivity index (χ4v) is 4.01. The van der Waals surface area contributed by atoms with E-state index in [1.807, 2.05) is 49.4 Å². The summed E-state index contributed by atoms with van der Waals surface area (Å²) >= 11 is 1.34. The van der Waals surface area contributed by atoms with Crippen molar-refractivity contribution >= 4 is 34.3 Å². The van der Waals surface area contributed by atoms with Crippen LogP contribution in [0.25, 0.3) is 16.7 Å². The van der Waals surface area contributed by atoms with E-state index in [0.717, 1.165) is 17.5 Å². The fraction of sp³-hybridized carbons (Fsp3) is 0.400. The molecule has 28 heavy (non-hydrogen) atoms. The zero-order valence-electron chi connectivity index (χ0n) is 16.5. The average Bonchev–Trinajstić information content (AvgIpc) is 3.11. The van der Waals surface area contributed by atoms with Crippen molar-refractivity contribution in [3.63, 3.8) is 0 Å². The van der Waals surface area contributed by atoms with Crippen LogP contribution in [-0.2, 0) is 11.3 Å². The summed E-state index contributed by atoms with van der Waals surface area (Å²) in [6.07, 6.45) is 0.814. The van der Waals surface area contributed by atoms with Gasteiger partial charge in [0.15, 0.2) is 5.16 Å². The average molecular weight is 400 g/mol. The Balaban J connectivity index is 2.00. The van der Waals surface area contributed by atoms with Crippen molar-refractivity contribution in [3.05, 3.63) is 46.8 Å². The van der Waals surface area contributed by atoms with Crippen LogP contribution in [0.5, 0.6) is 0 Å². The zero-order valence-corrected chi connectivity index (χ0v) is 17.3. The number of hydrogen-bond acceptors (Lipinski definition) is 5. The third-order valence-electron chi connectivity index (χ3n) is 4.45. The van der Waals surface area contributed by atoms with Crippen LogP contribution in [-0.4, -0.2) is 48.8 Å². The second-order valence-corrected chi connectivity index (χ2v) is 7.69. The first kappa shape index (κ1) is 20.1. The van der Waals surface area contributed by atoms with E-state index in [-0.39, 0.29) is 17.2 Å². The first-order valence-corrected chi connectivity index (χ1v) is 10.4. The number of nitrogens with zero attached hydrogens (tertiary/aromatic N) is 5. The first-order chi connectivity index (χ1) is 13.5. The number of hydrogen-bond donors (Lipinski definition) is 0. The van der Waals surface area contributed by atoms with E-state index < -0.39 is 0 Å². The molecule has 0 aliphatic carbocycles. The molecular weight excluding hydrogens is 374 g/mol. The maximum absolute atomic E-state index is 12.8. The summed E-state index contributed by atoms with van der Waals surface area (Å²) in [4.78, 5) is 27.2. The molecular formula is C20H25N5O2S. The topological polar surface area (TPSA) is 72.5 Å². The van der Waals surface area contributed by atoms with E-state index in [0.29, 0.717) is 36.0 Å². The van der Waals surface area contributed by atoms with Gasteiger partial charge in [0.2, 0.25) is 11.7 Å². The lowest BCUT2D eigenvalue weighted by Crippen LogP contribution is -2.33. The van der Waals surface area contributed by atoms with Gasteiger partial charge in [0.05, 0.1) is 16.7 Å². The van der Waals surface area contributed by atoms with Crippen LogP contribution < -0.4 is 5.56 Å². The van der Waals surface area contributed by atoms with E-state index >= 15 is 0 Å². The van der Waals surface area contributed by atoms with Gasteiger partial charge in [0, 0.05) is 19.6 Å².